The van der Waals surface area contributed by atoms with E-state index < -0.39 is 0 Å². The Labute approximate surface area is 96.4 Å². The van der Waals surface area contributed by atoms with Gasteiger partial charge >= 0.3 is 0 Å². The van der Waals surface area contributed by atoms with Crippen LogP contribution in [0.15, 0.2) is 0 Å². The van der Waals surface area contributed by atoms with Gasteiger partial charge in [0.05, 0.1) is 6.54 Å². The molecule has 5 nitrogen and oxygen atoms in total. The van der Waals surface area contributed by atoms with Gasteiger partial charge in [-0.2, -0.15) is 0 Å². The van der Waals surface area contributed by atoms with Crippen molar-refractivity contribution in [2.45, 2.75) is 32.7 Å². The zero-order chi connectivity index (χ0) is 12.0. The van der Waals surface area contributed by atoms with Gasteiger partial charge in [-0.15, -0.1) is 0 Å². The van der Waals surface area contributed by atoms with Gasteiger partial charge in [-0.25, -0.2) is 0 Å². The molecule has 0 atom stereocenters. The second-order valence-corrected chi connectivity index (χ2v) is 4.46. The summed E-state index contributed by atoms with van der Waals surface area (Å²) < 4.78 is 0. The van der Waals surface area contributed by atoms with Gasteiger partial charge in [0.25, 0.3) is 0 Å². The number of rotatable bonds is 7. The maximum atomic E-state index is 11.2. The Bertz CT molecular complexity index is 250. The van der Waals surface area contributed by atoms with Gasteiger partial charge in [0.15, 0.2) is 0 Å². The van der Waals surface area contributed by atoms with E-state index in [2.05, 4.69) is 16.0 Å². The lowest BCUT2D eigenvalue weighted by Crippen LogP contribution is -2.40. The third-order valence-electron chi connectivity index (χ3n) is 2.28. The molecule has 0 aromatic carbocycles. The highest BCUT2D eigenvalue weighted by atomic mass is 16.2. The standard InChI is InChI=1S/C11H21N3O2/c1-8(2)14-10(15)7-12-5-6-13-11(16)9-3-4-9/h8-9,12H,3-7H2,1-2H3,(H,13,16)(H,14,15). The Balaban J connectivity index is 1.91. The van der Waals surface area contributed by atoms with Gasteiger partial charge in [0.2, 0.25) is 11.8 Å². The smallest absolute Gasteiger partial charge is 0.234 e. The Hall–Kier alpha value is -1.10. The molecule has 0 heterocycles. The first kappa shape index (κ1) is 13.0. The van der Waals surface area contributed by atoms with Gasteiger partial charge in [-0.1, -0.05) is 0 Å². The molecule has 3 N–H and O–H groups in total. The van der Waals surface area contributed by atoms with Crippen LogP contribution < -0.4 is 16.0 Å². The van der Waals surface area contributed by atoms with Crippen LogP contribution in [-0.2, 0) is 9.59 Å². The van der Waals surface area contributed by atoms with E-state index in [1.807, 2.05) is 13.8 Å². The molecular weight excluding hydrogens is 206 g/mol. The summed E-state index contributed by atoms with van der Waals surface area (Å²) in [6.45, 7) is 5.37. The third kappa shape index (κ3) is 5.70. The molecule has 0 spiro atoms. The minimum Gasteiger partial charge on any atom is -0.355 e. The molecule has 0 unspecified atom stereocenters. The van der Waals surface area contributed by atoms with Gasteiger partial charge in [-0.05, 0) is 26.7 Å². The molecule has 0 aliphatic heterocycles. The monoisotopic (exact) mass is 227 g/mol. The van der Waals surface area contributed by atoms with E-state index in [0.717, 1.165) is 12.8 Å². The number of nitrogens with one attached hydrogen (secondary N) is 3. The van der Waals surface area contributed by atoms with E-state index in [1.54, 1.807) is 0 Å². The Morgan fingerprint density at radius 3 is 2.50 bits per heavy atom. The Kier molecular flexibility index (Phi) is 5.25. The van der Waals surface area contributed by atoms with Gasteiger partial charge < -0.3 is 16.0 Å². The van der Waals surface area contributed by atoms with Crippen molar-refractivity contribution >= 4 is 11.8 Å². The molecular formula is C11H21N3O2. The van der Waals surface area contributed by atoms with Crippen molar-refractivity contribution in [1.82, 2.24) is 16.0 Å². The lowest BCUT2D eigenvalue weighted by atomic mass is 10.4. The first-order chi connectivity index (χ1) is 7.59. The average molecular weight is 227 g/mol. The molecule has 5 heteroatoms. The minimum absolute atomic E-state index is 0.0106. The fourth-order valence-electron chi connectivity index (χ4n) is 1.34. The number of hydrogen-bond acceptors (Lipinski definition) is 3. The average Bonchev–Trinajstić information content (AvgIpc) is 2.98. The molecule has 2 amide bonds. The van der Waals surface area contributed by atoms with Crippen LogP contribution >= 0.6 is 0 Å². The van der Waals surface area contributed by atoms with Gasteiger partial charge in [0.1, 0.15) is 0 Å². The van der Waals surface area contributed by atoms with Crippen molar-refractivity contribution in [2.75, 3.05) is 19.6 Å². The highest BCUT2D eigenvalue weighted by molar-refractivity contribution is 5.80. The highest BCUT2D eigenvalue weighted by Gasteiger charge is 2.28. The van der Waals surface area contributed by atoms with E-state index in [0.29, 0.717) is 19.6 Å². The topological polar surface area (TPSA) is 70.2 Å². The Morgan fingerprint density at radius 1 is 1.25 bits per heavy atom. The van der Waals surface area contributed by atoms with E-state index in [1.165, 1.54) is 0 Å². The number of amides is 2. The first-order valence-electron chi connectivity index (χ1n) is 5.87. The molecule has 0 bridgehead atoms. The predicted molar refractivity (Wildman–Crippen MR) is 61.9 cm³/mol. The molecule has 0 aromatic rings. The maximum Gasteiger partial charge on any atom is 0.234 e. The van der Waals surface area contributed by atoms with Crippen LogP contribution in [-0.4, -0.2) is 37.5 Å². The summed E-state index contributed by atoms with van der Waals surface area (Å²) in [5.74, 6) is 0.390. The SMILES string of the molecule is CC(C)NC(=O)CNCCNC(=O)C1CC1. The number of hydrogen-bond donors (Lipinski definition) is 3. The quantitative estimate of drug-likeness (QED) is 0.520. The molecule has 0 aromatic heterocycles. The summed E-state index contributed by atoms with van der Waals surface area (Å²) in [5.41, 5.74) is 0. The minimum atomic E-state index is -0.0106. The van der Waals surface area contributed by atoms with Crippen molar-refractivity contribution in [2.24, 2.45) is 5.92 Å². The van der Waals surface area contributed by atoms with E-state index in [9.17, 15) is 9.59 Å². The summed E-state index contributed by atoms with van der Waals surface area (Å²) >= 11 is 0. The van der Waals surface area contributed by atoms with Crippen LogP contribution in [0.4, 0.5) is 0 Å². The first-order valence-corrected chi connectivity index (χ1v) is 5.87. The van der Waals surface area contributed by atoms with E-state index in [-0.39, 0.29) is 23.8 Å². The molecule has 0 radical (unpaired) electrons. The third-order valence-corrected chi connectivity index (χ3v) is 2.28. The van der Waals surface area contributed by atoms with Crippen molar-refractivity contribution in [3.8, 4) is 0 Å². The largest absolute Gasteiger partial charge is 0.355 e. The second-order valence-electron chi connectivity index (χ2n) is 4.46. The molecule has 1 saturated carbocycles. The Morgan fingerprint density at radius 2 is 1.94 bits per heavy atom. The van der Waals surface area contributed by atoms with E-state index in [4.69, 9.17) is 0 Å². The summed E-state index contributed by atoms with van der Waals surface area (Å²) in [4.78, 5) is 22.4. The van der Waals surface area contributed by atoms with Crippen LogP contribution in [0.2, 0.25) is 0 Å². The summed E-state index contributed by atoms with van der Waals surface area (Å²) in [6, 6.07) is 0.170. The number of carbonyl (C=O) groups excluding carboxylic acids is 2. The molecule has 1 fully saturated rings. The molecule has 1 aliphatic carbocycles. The molecule has 0 saturated heterocycles. The second kappa shape index (κ2) is 6.48. The van der Waals surface area contributed by atoms with Crippen LogP contribution in [0.3, 0.4) is 0 Å². The maximum absolute atomic E-state index is 11.2. The fourth-order valence-corrected chi connectivity index (χ4v) is 1.34. The molecule has 1 rings (SSSR count). The molecule has 92 valence electrons. The van der Waals surface area contributed by atoms with Crippen molar-refractivity contribution in [3.05, 3.63) is 0 Å². The van der Waals surface area contributed by atoms with Crippen LogP contribution in [0.5, 0.6) is 0 Å². The predicted octanol–water partition coefficient (Wildman–Crippen LogP) is -0.373. The molecule has 16 heavy (non-hydrogen) atoms. The summed E-state index contributed by atoms with van der Waals surface area (Å²) in [5, 5.41) is 8.59. The highest BCUT2D eigenvalue weighted by Crippen LogP contribution is 2.28. The van der Waals surface area contributed by atoms with E-state index >= 15 is 0 Å². The lowest BCUT2D eigenvalue weighted by molar-refractivity contribution is -0.122. The number of carbonyl (C=O) groups is 2. The summed E-state index contributed by atoms with van der Waals surface area (Å²) in [7, 11) is 0. The van der Waals surface area contributed by atoms with Gasteiger partial charge in [0, 0.05) is 25.0 Å². The van der Waals surface area contributed by atoms with Crippen molar-refractivity contribution in [1.29, 1.82) is 0 Å². The van der Waals surface area contributed by atoms with Gasteiger partial charge in [-0.3, -0.25) is 9.59 Å². The van der Waals surface area contributed by atoms with Crippen LogP contribution in [0.1, 0.15) is 26.7 Å². The zero-order valence-electron chi connectivity index (χ0n) is 10.0. The van der Waals surface area contributed by atoms with Crippen molar-refractivity contribution < 1.29 is 9.59 Å². The lowest BCUT2D eigenvalue weighted by Gasteiger charge is -2.09. The fraction of sp³-hybridized carbons (Fsp3) is 0.818. The normalized spacial score (nSPS) is 14.9. The van der Waals surface area contributed by atoms with Crippen LogP contribution in [0, 0.1) is 5.92 Å². The van der Waals surface area contributed by atoms with Crippen molar-refractivity contribution in [3.63, 3.8) is 0 Å². The molecule has 1 aliphatic rings. The van der Waals surface area contributed by atoms with Crippen LogP contribution in [0.25, 0.3) is 0 Å². The summed E-state index contributed by atoms with van der Waals surface area (Å²) in [6.07, 6.45) is 2.05. The zero-order valence-corrected chi connectivity index (χ0v) is 10.0.